The SMILES string of the molecule is CC(C)(C)C1CCCC1NC(=O)c1ccnc(-n2ccnc2)c1. The molecule has 2 aromatic rings. The maximum absolute atomic E-state index is 12.6. The minimum Gasteiger partial charge on any atom is -0.349 e. The first-order chi connectivity index (χ1) is 10.9. The molecule has 0 aliphatic heterocycles. The molecule has 2 unspecified atom stereocenters. The van der Waals surface area contributed by atoms with E-state index in [1.54, 1.807) is 35.4 Å². The third kappa shape index (κ3) is 3.44. The van der Waals surface area contributed by atoms with Gasteiger partial charge in [0.1, 0.15) is 12.1 Å². The van der Waals surface area contributed by atoms with Gasteiger partial charge in [-0.1, -0.05) is 27.2 Å². The van der Waals surface area contributed by atoms with Gasteiger partial charge in [0.25, 0.3) is 5.91 Å². The number of rotatable bonds is 3. The van der Waals surface area contributed by atoms with Crippen molar-refractivity contribution in [2.75, 3.05) is 0 Å². The molecule has 5 nitrogen and oxygen atoms in total. The molecular formula is C18H24N4O. The van der Waals surface area contributed by atoms with E-state index in [0.717, 1.165) is 6.42 Å². The summed E-state index contributed by atoms with van der Waals surface area (Å²) < 4.78 is 1.80. The number of hydrogen-bond acceptors (Lipinski definition) is 3. The molecule has 2 atom stereocenters. The maximum atomic E-state index is 12.6. The summed E-state index contributed by atoms with van der Waals surface area (Å²) in [6, 6.07) is 3.82. The molecule has 23 heavy (non-hydrogen) atoms. The Morgan fingerprint density at radius 1 is 1.30 bits per heavy atom. The van der Waals surface area contributed by atoms with E-state index in [1.165, 1.54) is 12.8 Å². The Morgan fingerprint density at radius 2 is 2.13 bits per heavy atom. The van der Waals surface area contributed by atoms with E-state index in [-0.39, 0.29) is 17.4 Å². The third-order valence-electron chi connectivity index (χ3n) is 4.72. The monoisotopic (exact) mass is 312 g/mol. The quantitative estimate of drug-likeness (QED) is 0.946. The number of nitrogens with one attached hydrogen (secondary N) is 1. The minimum atomic E-state index is -0.0186. The second kappa shape index (κ2) is 6.14. The molecule has 0 bridgehead atoms. The third-order valence-corrected chi connectivity index (χ3v) is 4.72. The number of nitrogens with zero attached hydrogens (tertiary/aromatic N) is 3. The molecule has 5 heteroatoms. The topological polar surface area (TPSA) is 59.8 Å². The van der Waals surface area contributed by atoms with Crippen LogP contribution < -0.4 is 5.32 Å². The van der Waals surface area contributed by atoms with Crippen molar-refractivity contribution in [1.29, 1.82) is 0 Å². The van der Waals surface area contributed by atoms with Crippen LogP contribution in [0.25, 0.3) is 5.82 Å². The van der Waals surface area contributed by atoms with Gasteiger partial charge in [0.2, 0.25) is 0 Å². The van der Waals surface area contributed by atoms with Gasteiger partial charge in [0, 0.05) is 30.2 Å². The van der Waals surface area contributed by atoms with Crippen molar-refractivity contribution in [2.45, 2.75) is 46.1 Å². The van der Waals surface area contributed by atoms with Crippen molar-refractivity contribution in [3.8, 4) is 5.82 Å². The molecule has 0 saturated heterocycles. The number of imidazole rings is 1. The number of amides is 1. The van der Waals surface area contributed by atoms with Crippen LogP contribution in [-0.2, 0) is 0 Å². The predicted molar refractivity (Wildman–Crippen MR) is 89.4 cm³/mol. The zero-order valence-electron chi connectivity index (χ0n) is 14.0. The molecule has 2 heterocycles. The van der Waals surface area contributed by atoms with Crippen LogP contribution in [0.4, 0.5) is 0 Å². The first-order valence-electron chi connectivity index (χ1n) is 8.20. The maximum Gasteiger partial charge on any atom is 0.251 e. The zero-order chi connectivity index (χ0) is 16.4. The normalized spacial score (nSPS) is 21.3. The second-order valence-corrected chi connectivity index (χ2v) is 7.36. The molecular weight excluding hydrogens is 288 g/mol. The first-order valence-corrected chi connectivity index (χ1v) is 8.20. The molecule has 1 N–H and O–H groups in total. The summed E-state index contributed by atoms with van der Waals surface area (Å²) in [5, 5.41) is 3.23. The molecule has 1 saturated carbocycles. The summed E-state index contributed by atoms with van der Waals surface area (Å²) in [7, 11) is 0. The Hall–Kier alpha value is -2.17. The van der Waals surface area contributed by atoms with Crippen molar-refractivity contribution in [1.82, 2.24) is 19.9 Å². The van der Waals surface area contributed by atoms with Crippen LogP contribution in [0.5, 0.6) is 0 Å². The Bertz CT molecular complexity index is 673. The number of carbonyl (C=O) groups excluding carboxylic acids is 1. The number of hydrogen-bond donors (Lipinski definition) is 1. The van der Waals surface area contributed by atoms with E-state index in [2.05, 4.69) is 36.1 Å². The largest absolute Gasteiger partial charge is 0.349 e. The molecule has 0 aromatic carbocycles. The van der Waals surface area contributed by atoms with Gasteiger partial charge in [-0.25, -0.2) is 9.97 Å². The molecule has 0 spiro atoms. The van der Waals surface area contributed by atoms with Gasteiger partial charge in [-0.15, -0.1) is 0 Å². The average molecular weight is 312 g/mol. The predicted octanol–water partition coefficient (Wildman–Crippen LogP) is 3.21. The highest BCUT2D eigenvalue weighted by molar-refractivity contribution is 5.94. The van der Waals surface area contributed by atoms with Gasteiger partial charge in [0.15, 0.2) is 0 Å². The van der Waals surface area contributed by atoms with Crippen LogP contribution >= 0.6 is 0 Å². The Labute approximate surface area is 137 Å². The number of aromatic nitrogens is 3. The number of carbonyl (C=O) groups is 1. The van der Waals surface area contributed by atoms with Crippen molar-refractivity contribution in [3.05, 3.63) is 42.6 Å². The fourth-order valence-electron chi connectivity index (χ4n) is 3.52. The smallest absolute Gasteiger partial charge is 0.251 e. The van der Waals surface area contributed by atoms with Gasteiger partial charge in [-0.05, 0) is 36.3 Å². The van der Waals surface area contributed by atoms with Crippen molar-refractivity contribution >= 4 is 5.91 Å². The Morgan fingerprint density at radius 3 is 2.83 bits per heavy atom. The van der Waals surface area contributed by atoms with Crippen LogP contribution in [-0.4, -0.2) is 26.5 Å². The van der Waals surface area contributed by atoms with Gasteiger partial charge in [-0.3, -0.25) is 9.36 Å². The van der Waals surface area contributed by atoms with Crippen molar-refractivity contribution in [2.24, 2.45) is 11.3 Å². The summed E-state index contributed by atoms with van der Waals surface area (Å²) in [4.78, 5) is 20.9. The lowest BCUT2D eigenvalue weighted by Crippen LogP contribution is -2.41. The molecule has 1 fully saturated rings. The molecule has 1 aliphatic rings. The van der Waals surface area contributed by atoms with Crippen LogP contribution in [0.15, 0.2) is 37.1 Å². The van der Waals surface area contributed by atoms with E-state index < -0.39 is 0 Å². The summed E-state index contributed by atoms with van der Waals surface area (Å²) in [6.45, 7) is 6.77. The lowest BCUT2D eigenvalue weighted by Gasteiger charge is -2.32. The number of pyridine rings is 1. The molecule has 3 rings (SSSR count). The fourth-order valence-corrected chi connectivity index (χ4v) is 3.52. The highest BCUT2D eigenvalue weighted by atomic mass is 16.1. The van der Waals surface area contributed by atoms with Crippen LogP contribution in [0, 0.1) is 11.3 Å². The van der Waals surface area contributed by atoms with E-state index >= 15 is 0 Å². The fraction of sp³-hybridized carbons (Fsp3) is 0.500. The molecule has 1 amide bonds. The lowest BCUT2D eigenvalue weighted by atomic mass is 9.77. The summed E-state index contributed by atoms with van der Waals surface area (Å²) in [5.41, 5.74) is 0.859. The van der Waals surface area contributed by atoms with Crippen molar-refractivity contribution < 1.29 is 4.79 Å². The Kier molecular flexibility index (Phi) is 4.20. The molecule has 1 aliphatic carbocycles. The van der Waals surface area contributed by atoms with Crippen LogP contribution in [0.3, 0.4) is 0 Å². The lowest BCUT2D eigenvalue weighted by molar-refractivity contribution is 0.0904. The molecule has 2 aromatic heterocycles. The minimum absolute atomic E-state index is 0.0186. The van der Waals surface area contributed by atoms with Gasteiger partial charge >= 0.3 is 0 Å². The van der Waals surface area contributed by atoms with Gasteiger partial charge < -0.3 is 5.32 Å². The highest BCUT2D eigenvalue weighted by Gasteiger charge is 2.36. The average Bonchev–Trinajstić information content (AvgIpc) is 3.18. The zero-order valence-corrected chi connectivity index (χ0v) is 14.0. The summed E-state index contributed by atoms with van der Waals surface area (Å²) >= 11 is 0. The first kappa shape index (κ1) is 15.7. The van der Waals surface area contributed by atoms with E-state index in [0.29, 0.717) is 17.3 Å². The molecule has 0 radical (unpaired) electrons. The summed E-state index contributed by atoms with van der Waals surface area (Å²) in [5.74, 6) is 1.21. The van der Waals surface area contributed by atoms with Gasteiger partial charge in [0.05, 0.1) is 0 Å². The summed E-state index contributed by atoms with van der Waals surface area (Å²) in [6.07, 6.45) is 10.3. The van der Waals surface area contributed by atoms with E-state index in [4.69, 9.17) is 0 Å². The molecule has 122 valence electrons. The van der Waals surface area contributed by atoms with E-state index in [1.807, 2.05) is 6.20 Å². The van der Waals surface area contributed by atoms with Crippen LogP contribution in [0.1, 0.15) is 50.4 Å². The standard InChI is InChI=1S/C18H24N4O/c1-18(2,3)14-5-4-6-15(14)21-17(23)13-7-8-20-16(11-13)22-10-9-19-12-22/h7-12,14-15H,4-6H2,1-3H3,(H,21,23). The second-order valence-electron chi connectivity index (χ2n) is 7.36. The van der Waals surface area contributed by atoms with Crippen LogP contribution in [0.2, 0.25) is 0 Å². The highest BCUT2D eigenvalue weighted by Crippen LogP contribution is 2.39. The van der Waals surface area contributed by atoms with Crippen molar-refractivity contribution in [3.63, 3.8) is 0 Å². The van der Waals surface area contributed by atoms with E-state index in [9.17, 15) is 4.79 Å². The van der Waals surface area contributed by atoms with Gasteiger partial charge in [-0.2, -0.15) is 0 Å². The Balaban J connectivity index is 1.75.